The second kappa shape index (κ2) is 26.0. The third-order valence-electron chi connectivity index (χ3n) is 13.7. The highest BCUT2D eigenvalue weighted by Gasteiger charge is 2.54. The summed E-state index contributed by atoms with van der Waals surface area (Å²) < 4.78 is 121. The number of ether oxygens (including phenoxy) is 10. The van der Waals surface area contributed by atoms with Gasteiger partial charge in [0.2, 0.25) is 0 Å². The van der Waals surface area contributed by atoms with E-state index in [1.807, 2.05) is 0 Å². The third kappa shape index (κ3) is 12.6. The number of carbonyl (C=O) groups is 1. The zero-order chi connectivity index (χ0) is 64.1. The van der Waals surface area contributed by atoms with Crippen LogP contribution in [-0.2, 0) is 64.0 Å². The van der Waals surface area contributed by atoms with Crippen molar-refractivity contribution >= 4 is 44.4 Å². The van der Waals surface area contributed by atoms with E-state index in [2.05, 4.69) is 0 Å². The van der Waals surface area contributed by atoms with Crippen LogP contribution in [0.25, 0.3) is 0 Å². The maximum atomic E-state index is 15.2. The van der Waals surface area contributed by atoms with Gasteiger partial charge in [-0.15, -0.1) is 0 Å². The summed E-state index contributed by atoms with van der Waals surface area (Å²) in [5.41, 5.74) is -4.26. The summed E-state index contributed by atoms with van der Waals surface area (Å²) in [6.45, 7) is -3.49. The van der Waals surface area contributed by atoms with Crippen LogP contribution < -0.4 is 51.7 Å². The van der Waals surface area contributed by atoms with Gasteiger partial charge in [0.1, 0.15) is 23.0 Å². The fourth-order valence-electron chi connectivity index (χ4n) is 9.57. The average molecular weight is 1270 g/mol. The second-order valence-electron chi connectivity index (χ2n) is 18.6. The van der Waals surface area contributed by atoms with E-state index in [1.165, 1.54) is 124 Å². The molecule has 2 aliphatic rings. The lowest BCUT2D eigenvalue weighted by Gasteiger charge is -2.36. The Morgan fingerprint density at radius 2 is 0.697 bits per heavy atom. The maximum absolute atomic E-state index is 15.2. The van der Waals surface area contributed by atoms with Gasteiger partial charge in [-0.25, -0.2) is 13.9 Å². The van der Waals surface area contributed by atoms with Crippen molar-refractivity contribution in [2.45, 2.75) is 32.0 Å². The molecule has 89 heavy (non-hydrogen) atoms. The smallest absolute Gasteiger partial charge is 0.493 e. The lowest BCUT2D eigenvalue weighted by Crippen LogP contribution is -2.33. The van der Waals surface area contributed by atoms with Crippen molar-refractivity contribution in [2.75, 3.05) is 56.9 Å². The number of nitro benzene ring substituents is 4. The number of hydrogen-bond donors (Lipinski definition) is 0. The van der Waals surface area contributed by atoms with Crippen LogP contribution in [0.15, 0.2) is 109 Å². The first kappa shape index (κ1) is 63.2. The molecule has 0 amide bonds. The number of phosphoric ester groups is 2. The third-order valence-corrected chi connectivity index (χ3v) is 16.4. The van der Waals surface area contributed by atoms with Gasteiger partial charge in [0.15, 0.2) is 51.6 Å². The Kier molecular flexibility index (Phi) is 18.4. The maximum Gasteiger partial charge on any atom is 0.530 e. The van der Waals surface area contributed by atoms with Crippen molar-refractivity contribution in [1.82, 2.24) is 0 Å². The molecule has 0 N–H and O–H groups in total. The van der Waals surface area contributed by atoms with Crippen LogP contribution in [-0.4, -0.2) is 82.5 Å². The highest BCUT2D eigenvalue weighted by atomic mass is 31.2. The van der Waals surface area contributed by atoms with Crippen LogP contribution >= 0.6 is 15.6 Å². The molecular formula is C56H50N4O27P2. The standard InChI is InChI=1S/C56H50N4O27P2/c1-72-47-17-31(41(57(62)63)23-51(47)76-5)27-80-88(70,81-28-32-18-48(73-2)52(77-6)24-42(32)58(64)65)86-35-13-15-39-45(21-35)84-46-22-36(14-16-40(46)56(39)38-12-10-9-11-37(38)55(61)85-56)87-89(71,82-29-33-19-49(74-3)53(78-7)25-43(33)59(66)67)83-30-34-20-50(75-4)54(79-8)26-44(34)60(68)69/h9-26H,27-30H2,1-8H3. The number of rotatable bonds is 28. The number of phosphoric acid groups is 2. The Morgan fingerprint density at radius 3 is 0.989 bits per heavy atom. The van der Waals surface area contributed by atoms with Gasteiger partial charge in [0, 0.05) is 28.8 Å². The van der Waals surface area contributed by atoms with E-state index in [-0.39, 0.29) is 108 Å². The molecule has 0 aliphatic carbocycles. The summed E-state index contributed by atoms with van der Waals surface area (Å²) in [6, 6.07) is 23.0. The van der Waals surface area contributed by atoms with Gasteiger partial charge in [-0.1, -0.05) is 18.2 Å². The average Bonchev–Trinajstić information content (AvgIpc) is 1.64. The molecule has 0 atom stereocenters. The van der Waals surface area contributed by atoms with E-state index in [0.29, 0.717) is 5.56 Å². The topological polar surface area (TPSA) is 371 Å². The van der Waals surface area contributed by atoms with E-state index in [4.69, 9.17) is 74.5 Å². The Balaban J connectivity index is 1.13. The zero-order valence-corrected chi connectivity index (χ0v) is 49.7. The molecule has 0 saturated carbocycles. The minimum absolute atomic E-state index is 0.0164. The summed E-state index contributed by atoms with van der Waals surface area (Å²) in [5, 5.41) is 49.4. The Bertz CT molecular complexity index is 3700. The summed E-state index contributed by atoms with van der Waals surface area (Å²) >= 11 is 0. The highest BCUT2D eigenvalue weighted by molar-refractivity contribution is 7.49. The first-order valence-electron chi connectivity index (χ1n) is 25.6. The molecule has 0 saturated heterocycles. The predicted molar refractivity (Wildman–Crippen MR) is 305 cm³/mol. The van der Waals surface area contributed by atoms with Gasteiger partial charge < -0.3 is 56.4 Å². The van der Waals surface area contributed by atoms with Gasteiger partial charge in [-0.3, -0.25) is 58.6 Å². The molecule has 2 aliphatic heterocycles. The number of hydrogen-bond acceptors (Lipinski definition) is 27. The molecule has 0 radical (unpaired) electrons. The number of nitro groups is 4. The monoisotopic (exact) mass is 1270 g/mol. The van der Waals surface area contributed by atoms with E-state index in [9.17, 15) is 45.3 Å². The lowest BCUT2D eigenvalue weighted by atomic mass is 9.77. The van der Waals surface area contributed by atoms with Crippen LogP contribution in [0.1, 0.15) is 49.3 Å². The van der Waals surface area contributed by atoms with E-state index < -0.39 is 96.1 Å². The fraction of sp³-hybridized carbons (Fsp3) is 0.232. The summed E-state index contributed by atoms with van der Waals surface area (Å²) in [6.07, 6.45) is 0. The number of esters is 1. The van der Waals surface area contributed by atoms with Crippen LogP contribution in [0.3, 0.4) is 0 Å². The lowest BCUT2D eigenvalue weighted by molar-refractivity contribution is -0.386. The van der Waals surface area contributed by atoms with Crippen molar-refractivity contribution < 1.29 is 108 Å². The summed E-state index contributed by atoms with van der Waals surface area (Å²) in [5.74, 6) is -1.91. The summed E-state index contributed by atoms with van der Waals surface area (Å²) in [4.78, 5) is 60.3. The van der Waals surface area contributed by atoms with Crippen molar-refractivity contribution in [3.63, 3.8) is 0 Å². The molecule has 1 spiro atoms. The van der Waals surface area contributed by atoms with Crippen LogP contribution in [0, 0.1) is 40.5 Å². The molecule has 0 aromatic heterocycles. The molecule has 466 valence electrons. The van der Waals surface area contributed by atoms with Gasteiger partial charge in [-0.05, 0) is 54.6 Å². The van der Waals surface area contributed by atoms with Crippen molar-refractivity contribution in [3.05, 3.63) is 194 Å². The van der Waals surface area contributed by atoms with Gasteiger partial charge in [0.25, 0.3) is 22.7 Å². The summed E-state index contributed by atoms with van der Waals surface area (Å²) in [7, 11) is -0.311. The van der Waals surface area contributed by atoms with Gasteiger partial charge in [0.05, 0.1) is 155 Å². The quantitative estimate of drug-likeness (QED) is 0.0190. The Morgan fingerprint density at radius 1 is 0.404 bits per heavy atom. The molecule has 0 unspecified atom stereocenters. The molecule has 0 fully saturated rings. The number of benzene rings is 7. The first-order valence-corrected chi connectivity index (χ1v) is 28.6. The molecular weight excluding hydrogens is 1220 g/mol. The number of methoxy groups -OCH3 is 8. The molecule has 7 aromatic carbocycles. The van der Waals surface area contributed by atoms with Gasteiger partial charge >= 0.3 is 21.6 Å². The van der Waals surface area contributed by atoms with E-state index in [1.54, 1.807) is 18.2 Å². The van der Waals surface area contributed by atoms with Gasteiger partial charge in [-0.2, -0.15) is 0 Å². The zero-order valence-electron chi connectivity index (χ0n) is 47.9. The minimum atomic E-state index is -5.19. The largest absolute Gasteiger partial charge is 0.530 e. The number of fused-ring (bicyclic) bond motifs is 6. The van der Waals surface area contributed by atoms with Crippen LogP contribution in [0.2, 0.25) is 0 Å². The van der Waals surface area contributed by atoms with E-state index >= 15 is 9.13 Å². The molecule has 2 heterocycles. The molecule has 33 heteroatoms. The molecule has 0 bridgehead atoms. The molecule has 9 rings (SSSR count). The van der Waals surface area contributed by atoms with Crippen LogP contribution in [0.4, 0.5) is 22.7 Å². The second-order valence-corrected chi connectivity index (χ2v) is 21.8. The number of carbonyl (C=O) groups excluding carboxylic acids is 1. The van der Waals surface area contributed by atoms with Crippen molar-refractivity contribution in [1.29, 1.82) is 0 Å². The van der Waals surface area contributed by atoms with Crippen molar-refractivity contribution in [2.24, 2.45) is 0 Å². The van der Waals surface area contributed by atoms with Crippen LogP contribution in [0.5, 0.6) is 69.0 Å². The number of nitrogens with zero attached hydrogens (tertiary/aromatic N) is 4. The highest BCUT2D eigenvalue weighted by Crippen LogP contribution is 2.60. The Labute approximate surface area is 503 Å². The molecule has 7 aromatic rings. The normalized spacial score (nSPS) is 12.7. The molecule has 31 nitrogen and oxygen atoms in total. The van der Waals surface area contributed by atoms with Crippen molar-refractivity contribution in [3.8, 4) is 69.0 Å². The SMILES string of the molecule is COc1cc(COP(=O)(OCc2cc(OC)c(OC)cc2[N+](=O)[O-])Oc2ccc3c(c2)Oc2cc(OP(=O)(OCc4cc(OC)c(OC)cc4[N+](=O)[O-])OCc4cc(OC)c(OC)cc4[N+](=O)[O-])ccc2C32OC(=O)c3ccccc32)c([N+](=O)[O-])cc1OC. The first-order chi connectivity index (χ1) is 42.6. The Hall–Kier alpha value is -10.3. The minimum Gasteiger partial charge on any atom is -0.493 e. The van der Waals surface area contributed by atoms with E-state index in [0.717, 1.165) is 24.3 Å². The fourth-order valence-corrected chi connectivity index (χ4v) is 11.9. The predicted octanol–water partition coefficient (Wildman–Crippen LogP) is 11.8.